The van der Waals surface area contributed by atoms with Gasteiger partial charge in [-0.3, -0.25) is 4.79 Å². The zero-order valence-electron chi connectivity index (χ0n) is 8.83. The largest absolute Gasteiger partial charge is 0.384 e. The van der Waals surface area contributed by atoms with Gasteiger partial charge in [0.25, 0.3) is 0 Å². The van der Waals surface area contributed by atoms with Crippen LogP contribution >= 0.6 is 11.6 Å². The normalized spacial score (nSPS) is 23.9. The number of rotatable bonds is 4. The number of halogens is 1. The predicted octanol–water partition coefficient (Wildman–Crippen LogP) is 1.50. The molecule has 0 radical (unpaired) electrons. The summed E-state index contributed by atoms with van der Waals surface area (Å²) < 4.78 is 5.07. The second kappa shape index (κ2) is 5.56. The van der Waals surface area contributed by atoms with Crippen molar-refractivity contribution in [3.05, 3.63) is 0 Å². The van der Waals surface area contributed by atoms with Gasteiger partial charge in [-0.2, -0.15) is 0 Å². The van der Waals surface area contributed by atoms with Gasteiger partial charge in [0.1, 0.15) is 5.38 Å². The molecule has 2 atom stereocenters. The second-order valence-corrected chi connectivity index (χ2v) is 4.30. The third-order valence-electron chi connectivity index (χ3n) is 2.63. The Hall–Kier alpha value is -0.280. The number of nitrogens with zero attached hydrogens (tertiary/aromatic N) is 1. The van der Waals surface area contributed by atoms with Gasteiger partial charge in [0, 0.05) is 26.1 Å². The molecule has 3 nitrogen and oxygen atoms in total. The van der Waals surface area contributed by atoms with E-state index in [1.54, 1.807) is 7.11 Å². The maximum Gasteiger partial charge on any atom is 0.240 e. The van der Waals surface area contributed by atoms with Gasteiger partial charge < -0.3 is 9.64 Å². The van der Waals surface area contributed by atoms with Crippen LogP contribution in [0.1, 0.15) is 19.8 Å². The Labute approximate surface area is 90.4 Å². The Morgan fingerprint density at radius 3 is 3.00 bits per heavy atom. The summed E-state index contributed by atoms with van der Waals surface area (Å²) in [5, 5.41) is -0.351. The number of hydrogen-bond donors (Lipinski definition) is 0. The molecule has 14 heavy (non-hydrogen) atoms. The van der Waals surface area contributed by atoms with E-state index in [9.17, 15) is 4.79 Å². The molecule has 1 rings (SSSR count). The summed E-state index contributed by atoms with van der Waals surface area (Å²) in [6.07, 6.45) is 1.73. The van der Waals surface area contributed by atoms with E-state index in [1.165, 1.54) is 0 Å². The first-order chi connectivity index (χ1) is 6.69. The summed E-state index contributed by atoms with van der Waals surface area (Å²) in [5.41, 5.74) is 0. The minimum Gasteiger partial charge on any atom is -0.384 e. The fourth-order valence-electron chi connectivity index (χ4n) is 1.78. The van der Waals surface area contributed by atoms with Crippen LogP contribution in [0.3, 0.4) is 0 Å². The molecule has 0 spiro atoms. The molecule has 0 bridgehead atoms. The first kappa shape index (κ1) is 11.8. The second-order valence-electron chi connectivity index (χ2n) is 3.77. The fraction of sp³-hybridized carbons (Fsp3) is 0.900. The molecule has 1 saturated heterocycles. The monoisotopic (exact) mass is 219 g/mol. The van der Waals surface area contributed by atoms with Crippen molar-refractivity contribution in [2.24, 2.45) is 5.92 Å². The maximum absolute atomic E-state index is 11.7. The highest BCUT2D eigenvalue weighted by Crippen LogP contribution is 2.19. The van der Waals surface area contributed by atoms with E-state index in [0.717, 1.165) is 26.1 Å². The molecule has 1 aliphatic rings. The van der Waals surface area contributed by atoms with Crippen molar-refractivity contribution in [1.29, 1.82) is 0 Å². The van der Waals surface area contributed by atoms with Crippen molar-refractivity contribution in [2.75, 3.05) is 26.8 Å². The Balaban J connectivity index is 2.37. The molecule has 1 amide bonds. The van der Waals surface area contributed by atoms with E-state index < -0.39 is 0 Å². The van der Waals surface area contributed by atoms with E-state index in [4.69, 9.17) is 16.3 Å². The molecule has 82 valence electrons. The van der Waals surface area contributed by atoms with Crippen LogP contribution in [0.15, 0.2) is 0 Å². The minimum absolute atomic E-state index is 0.0766. The summed E-state index contributed by atoms with van der Waals surface area (Å²) in [6, 6.07) is 0. The lowest BCUT2D eigenvalue weighted by molar-refractivity contribution is -0.130. The predicted molar refractivity (Wildman–Crippen MR) is 56.5 cm³/mol. The lowest BCUT2D eigenvalue weighted by Crippen LogP contribution is -2.35. The summed E-state index contributed by atoms with van der Waals surface area (Å²) in [7, 11) is 1.70. The highest BCUT2D eigenvalue weighted by molar-refractivity contribution is 6.30. The Morgan fingerprint density at radius 1 is 1.71 bits per heavy atom. The zero-order chi connectivity index (χ0) is 10.6. The van der Waals surface area contributed by atoms with Crippen LogP contribution in [0.5, 0.6) is 0 Å². The van der Waals surface area contributed by atoms with Crippen LogP contribution < -0.4 is 0 Å². The van der Waals surface area contributed by atoms with Gasteiger partial charge in [0.15, 0.2) is 0 Å². The van der Waals surface area contributed by atoms with Crippen molar-refractivity contribution in [2.45, 2.75) is 25.1 Å². The van der Waals surface area contributed by atoms with Crippen molar-refractivity contribution in [1.82, 2.24) is 4.90 Å². The number of carbonyl (C=O) groups excluding carboxylic acids is 1. The van der Waals surface area contributed by atoms with Crippen LogP contribution in [0, 0.1) is 5.92 Å². The van der Waals surface area contributed by atoms with Crippen molar-refractivity contribution in [3.8, 4) is 0 Å². The smallest absolute Gasteiger partial charge is 0.240 e. The van der Waals surface area contributed by atoms with Crippen LogP contribution in [-0.2, 0) is 9.53 Å². The van der Waals surface area contributed by atoms with Gasteiger partial charge in [0.2, 0.25) is 5.91 Å². The summed E-state index contributed by atoms with van der Waals surface area (Å²) in [6.45, 7) is 4.30. The maximum atomic E-state index is 11.7. The lowest BCUT2D eigenvalue weighted by Gasteiger charge is -2.18. The highest BCUT2D eigenvalue weighted by atomic mass is 35.5. The Kier molecular flexibility index (Phi) is 4.69. The average Bonchev–Trinajstić information content (AvgIpc) is 2.64. The van der Waals surface area contributed by atoms with Gasteiger partial charge >= 0.3 is 0 Å². The van der Waals surface area contributed by atoms with Crippen LogP contribution in [0.4, 0.5) is 0 Å². The molecule has 0 aromatic carbocycles. The Bertz CT molecular complexity index is 199. The number of carbonyl (C=O) groups is 1. The summed E-state index contributed by atoms with van der Waals surface area (Å²) >= 11 is 5.90. The highest BCUT2D eigenvalue weighted by Gasteiger charge is 2.28. The Morgan fingerprint density at radius 2 is 2.43 bits per heavy atom. The molecule has 4 heteroatoms. The number of methoxy groups -OCH3 is 1. The molecule has 1 heterocycles. The third-order valence-corrected chi connectivity index (χ3v) is 3.12. The third kappa shape index (κ3) is 2.85. The first-order valence-corrected chi connectivity index (χ1v) is 5.54. The molecule has 0 unspecified atom stereocenters. The van der Waals surface area contributed by atoms with Crippen LogP contribution in [-0.4, -0.2) is 43.0 Å². The lowest BCUT2D eigenvalue weighted by atomic mass is 10.1. The molecule has 1 aliphatic heterocycles. The molecule has 0 N–H and O–H groups in total. The van der Waals surface area contributed by atoms with Gasteiger partial charge in [0.05, 0.1) is 6.61 Å². The van der Waals surface area contributed by atoms with E-state index in [-0.39, 0.29) is 11.3 Å². The summed E-state index contributed by atoms with van der Waals surface area (Å²) in [5.74, 6) is 0.567. The first-order valence-electron chi connectivity index (χ1n) is 5.10. The van der Waals surface area contributed by atoms with Crippen molar-refractivity contribution < 1.29 is 9.53 Å². The number of amides is 1. The van der Waals surface area contributed by atoms with Gasteiger partial charge in [-0.25, -0.2) is 0 Å². The number of likely N-dealkylation sites (tertiary alicyclic amines) is 1. The quantitative estimate of drug-likeness (QED) is 0.671. The minimum atomic E-state index is -0.351. The molecule has 0 aliphatic carbocycles. The molecule has 1 fully saturated rings. The molecule has 0 saturated carbocycles. The van der Waals surface area contributed by atoms with Crippen molar-refractivity contribution in [3.63, 3.8) is 0 Å². The zero-order valence-corrected chi connectivity index (χ0v) is 9.59. The molecule has 0 aromatic heterocycles. The van der Waals surface area contributed by atoms with E-state index in [1.807, 2.05) is 11.8 Å². The number of alkyl halides is 1. The van der Waals surface area contributed by atoms with E-state index in [2.05, 4.69) is 0 Å². The SMILES string of the molecule is CC[C@H](Cl)C(=O)N1CC[C@@H](COC)C1. The average molecular weight is 220 g/mol. The van der Waals surface area contributed by atoms with Crippen LogP contribution in [0.25, 0.3) is 0 Å². The van der Waals surface area contributed by atoms with Crippen molar-refractivity contribution >= 4 is 17.5 Å². The molecule has 0 aromatic rings. The van der Waals surface area contributed by atoms with Gasteiger partial charge in [-0.1, -0.05) is 6.92 Å². The topological polar surface area (TPSA) is 29.5 Å². The van der Waals surface area contributed by atoms with Crippen LogP contribution in [0.2, 0.25) is 0 Å². The standard InChI is InChI=1S/C10H18ClNO2/c1-3-9(11)10(13)12-5-4-8(6-12)7-14-2/h8-9H,3-7H2,1-2H3/t8-,9+/m1/s1. The molecular formula is C10H18ClNO2. The van der Waals surface area contributed by atoms with E-state index >= 15 is 0 Å². The summed E-state index contributed by atoms with van der Waals surface area (Å²) in [4.78, 5) is 13.5. The fourth-order valence-corrected chi connectivity index (χ4v) is 1.92. The molecular weight excluding hydrogens is 202 g/mol. The van der Waals surface area contributed by atoms with Gasteiger partial charge in [-0.05, 0) is 12.8 Å². The van der Waals surface area contributed by atoms with E-state index in [0.29, 0.717) is 12.3 Å². The number of hydrogen-bond acceptors (Lipinski definition) is 2. The number of ether oxygens (including phenoxy) is 1. The van der Waals surface area contributed by atoms with Gasteiger partial charge in [-0.15, -0.1) is 11.6 Å².